The van der Waals surface area contributed by atoms with Crippen LogP contribution in [0.4, 0.5) is 13.2 Å². The van der Waals surface area contributed by atoms with Crippen molar-refractivity contribution in [2.75, 3.05) is 47.6 Å². The first-order chi connectivity index (χ1) is 13.3. The number of hydrogen-bond acceptors (Lipinski definition) is 7. The third-order valence-electron chi connectivity index (χ3n) is 5.33. The van der Waals surface area contributed by atoms with E-state index in [-0.39, 0.29) is 31.1 Å². The average molecular weight is 457 g/mol. The van der Waals surface area contributed by atoms with Gasteiger partial charge in [-0.25, -0.2) is 0 Å². The maximum atomic E-state index is 10.7. The smallest absolute Gasteiger partial charge is 0.394 e. The van der Waals surface area contributed by atoms with Gasteiger partial charge in [0.05, 0.1) is 26.2 Å². The van der Waals surface area contributed by atoms with Crippen molar-refractivity contribution in [2.45, 2.75) is 56.9 Å². The molecule has 1 unspecified atom stereocenters. The molecule has 176 valence electrons. The molecule has 0 bridgehead atoms. The summed E-state index contributed by atoms with van der Waals surface area (Å²) in [5.41, 5.74) is -5.53. The summed E-state index contributed by atoms with van der Waals surface area (Å²) < 4.78 is 81.4. The molecule has 1 rings (SSSR count). The maximum absolute atomic E-state index is 10.7. The molecule has 0 aliphatic carbocycles. The molecule has 0 radical (unpaired) electrons. The SMILES string of the molecule is CC[N+](CC)(CC)C1O[C@H](CO)[C@@H](OC)[C@H](OC)[C@H]1OC.O=S(=O)(O)C(F)(F)F. The molecule has 29 heavy (non-hydrogen) atoms. The van der Waals surface area contributed by atoms with Gasteiger partial charge in [-0.05, 0) is 20.8 Å². The van der Waals surface area contributed by atoms with Crippen LogP contribution in [0.1, 0.15) is 20.8 Å². The molecule has 0 aromatic rings. The number of ether oxygens (including phenoxy) is 4. The van der Waals surface area contributed by atoms with Crippen molar-refractivity contribution in [3.8, 4) is 0 Å². The molecule has 0 saturated carbocycles. The van der Waals surface area contributed by atoms with E-state index in [9.17, 15) is 18.3 Å². The molecule has 0 aromatic heterocycles. The molecule has 0 aromatic carbocycles. The number of nitrogens with zero attached hydrogens (tertiary/aromatic N) is 1. The molecule has 0 spiro atoms. The summed E-state index contributed by atoms with van der Waals surface area (Å²) in [6, 6.07) is 0. The third-order valence-corrected chi connectivity index (χ3v) is 5.91. The second-order valence-electron chi connectivity index (χ2n) is 6.44. The highest BCUT2D eigenvalue weighted by Gasteiger charge is 2.54. The van der Waals surface area contributed by atoms with Crippen LogP contribution in [0.2, 0.25) is 0 Å². The molecule has 1 saturated heterocycles. The first-order valence-corrected chi connectivity index (χ1v) is 10.5. The van der Waals surface area contributed by atoms with Crippen LogP contribution in [0.25, 0.3) is 0 Å². The van der Waals surface area contributed by atoms with E-state index in [4.69, 9.17) is 31.9 Å². The number of alkyl halides is 3. The average Bonchev–Trinajstić information content (AvgIpc) is 2.67. The van der Waals surface area contributed by atoms with Crippen LogP contribution in [0.15, 0.2) is 0 Å². The zero-order valence-corrected chi connectivity index (χ0v) is 18.4. The highest BCUT2D eigenvalue weighted by atomic mass is 32.2. The zero-order chi connectivity index (χ0) is 23.0. The fraction of sp³-hybridized carbons (Fsp3) is 1.00. The van der Waals surface area contributed by atoms with Gasteiger partial charge in [-0.3, -0.25) is 9.04 Å². The highest BCUT2D eigenvalue weighted by Crippen LogP contribution is 2.32. The number of likely N-dealkylation sites (N-methyl/N-ethyl adjacent to an activating group) is 1. The Labute approximate surface area is 170 Å². The number of rotatable bonds is 8. The van der Waals surface area contributed by atoms with Crippen molar-refractivity contribution in [3.63, 3.8) is 0 Å². The predicted octanol–water partition coefficient (Wildman–Crippen LogP) is 1.02. The van der Waals surface area contributed by atoms with E-state index in [1.54, 1.807) is 21.3 Å². The van der Waals surface area contributed by atoms with Crippen LogP contribution in [-0.4, -0.2) is 106 Å². The van der Waals surface area contributed by atoms with Crippen molar-refractivity contribution in [1.82, 2.24) is 0 Å². The molecule has 0 amide bonds. The highest BCUT2D eigenvalue weighted by molar-refractivity contribution is 7.86. The second kappa shape index (κ2) is 11.7. The zero-order valence-electron chi connectivity index (χ0n) is 17.5. The Hall–Kier alpha value is -0.540. The van der Waals surface area contributed by atoms with Crippen molar-refractivity contribution < 1.29 is 54.7 Å². The fourth-order valence-electron chi connectivity index (χ4n) is 3.50. The third kappa shape index (κ3) is 6.72. The maximum Gasteiger partial charge on any atom is 0.522 e. The molecule has 5 atom stereocenters. The van der Waals surface area contributed by atoms with Gasteiger partial charge in [0.15, 0.2) is 6.10 Å². The van der Waals surface area contributed by atoms with Crippen LogP contribution in [0.5, 0.6) is 0 Å². The molecule has 13 heteroatoms. The minimum atomic E-state index is -5.84. The van der Waals surface area contributed by atoms with Crippen molar-refractivity contribution >= 4 is 10.1 Å². The van der Waals surface area contributed by atoms with Gasteiger partial charge in [0, 0.05) is 21.3 Å². The van der Waals surface area contributed by atoms with Crippen LogP contribution in [0, 0.1) is 0 Å². The molecule has 1 aliphatic rings. The Morgan fingerprint density at radius 1 is 0.931 bits per heavy atom. The van der Waals surface area contributed by atoms with Crippen LogP contribution in [0.3, 0.4) is 0 Å². The fourth-order valence-corrected chi connectivity index (χ4v) is 3.50. The molecule has 1 fully saturated rings. The summed E-state index contributed by atoms with van der Waals surface area (Å²) >= 11 is 0. The van der Waals surface area contributed by atoms with Gasteiger partial charge in [-0.1, -0.05) is 0 Å². The molecular weight excluding hydrogens is 423 g/mol. The summed E-state index contributed by atoms with van der Waals surface area (Å²) in [7, 11) is -0.906. The summed E-state index contributed by atoms with van der Waals surface area (Å²) in [4.78, 5) is 0. The van der Waals surface area contributed by atoms with Gasteiger partial charge >= 0.3 is 15.6 Å². The van der Waals surface area contributed by atoms with Crippen molar-refractivity contribution in [3.05, 3.63) is 0 Å². The minimum Gasteiger partial charge on any atom is -0.394 e. The van der Waals surface area contributed by atoms with Crippen LogP contribution in [-0.2, 0) is 29.1 Å². The topological polar surface area (TPSA) is 112 Å². The van der Waals surface area contributed by atoms with E-state index in [0.29, 0.717) is 0 Å². The molecule has 9 nitrogen and oxygen atoms in total. The summed E-state index contributed by atoms with van der Waals surface area (Å²) in [6.45, 7) is 9.17. The first-order valence-electron chi connectivity index (χ1n) is 9.08. The lowest BCUT2D eigenvalue weighted by Crippen LogP contribution is -2.70. The Morgan fingerprint density at radius 2 is 1.31 bits per heavy atom. The van der Waals surface area contributed by atoms with Crippen molar-refractivity contribution in [2.24, 2.45) is 0 Å². The van der Waals surface area contributed by atoms with Crippen LogP contribution >= 0.6 is 0 Å². The van der Waals surface area contributed by atoms with E-state index in [1.165, 1.54) is 0 Å². The van der Waals surface area contributed by atoms with E-state index in [0.717, 1.165) is 24.1 Å². The standard InChI is InChI=1S/C15H32NO5.CHF3O3S/c1-7-16(8-2,9-3)15-14(20-6)13(19-5)12(18-4)11(10-17)21-15;2-1(3,4)8(5,6)7/h11-15,17H,7-10H2,1-6H3;(H,5,6,7)/q+1;/t11-,12-,13+,14-,15?;/m1./s1. The number of halogens is 3. The summed E-state index contributed by atoms with van der Waals surface area (Å²) in [5.74, 6) is 0. The number of aliphatic hydroxyl groups excluding tert-OH is 1. The number of aliphatic hydroxyl groups is 1. The molecule has 1 aliphatic heterocycles. The van der Waals surface area contributed by atoms with Gasteiger partial charge in [0.1, 0.15) is 18.3 Å². The quantitative estimate of drug-likeness (QED) is 0.316. The van der Waals surface area contributed by atoms with Crippen LogP contribution < -0.4 is 0 Å². The van der Waals surface area contributed by atoms with Gasteiger partial charge in [-0.2, -0.15) is 21.6 Å². The van der Waals surface area contributed by atoms with E-state index in [2.05, 4.69) is 20.8 Å². The monoisotopic (exact) mass is 456 g/mol. The van der Waals surface area contributed by atoms with Gasteiger partial charge in [0.25, 0.3) is 0 Å². The Bertz CT molecular complexity index is 563. The number of quaternary nitrogens is 1. The molecular formula is C16H33F3NO8S+. The second-order valence-corrected chi connectivity index (χ2v) is 7.85. The minimum absolute atomic E-state index is 0.0948. The molecule has 1 heterocycles. The predicted molar refractivity (Wildman–Crippen MR) is 97.6 cm³/mol. The largest absolute Gasteiger partial charge is 0.522 e. The van der Waals surface area contributed by atoms with Gasteiger partial charge < -0.3 is 24.1 Å². The lowest BCUT2D eigenvalue weighted by atomic mass is 9.95. The van der Waals surface area contributed by atoms with Gasteiger partial charge in [0.2, 0.25) is 6.23 Å². The lowest BCUT2D eigenvalue weighted by molar-refractivity contribution is -0.974. The first kappa shape index (κ1) is 28.5. The van der Waals surface area contributed by atoms with E-state index >= 15 is 0 Å². The van der Waals surface area contributed by atoms with Crippen molar-refractivity contribution in [1.29, 1.82) is 0 Å². The van der Waals surface area contributed by atoms with E-state index in [1.807, 2.05) is 0 Å². The van der Waals surface area contributed by atoms with E-state index < -0.39 is 21.7 Å². The Balaban J connectivity index is 0.000000828. The summed E-state index contributed by atoms with van der Waals surface area (Å²) in [6.07, 6.45) is -1.42. The molecule has 2 N–H and O–H groups in total. The number of hydrogen-bond donors (Lipinski definition) is 2. The Kier molecular flexibility index (Phi) is 11.5. The Morgan fingerprint density at radius 3 is 1.55 bits per heavy atom. The van der Waals surface area contributed by atoms with Gasteiger partial charge in [-0.15, -0.1) is 0 Å². The normalized spacial score (nSPS) is 28.6. The number of methoxy groups -OCH3 is 3. The lowest BCUT2D eigenvalue weighted by Gasteiger charge is -2.52. The summed E-state index contributed by atoms with van der Waals surface area (Å²) in [5, 5.41) is 9.66.